The molecule has 0 saturated carbocycles. The molecule has 0 fully saturated rings. The number of anilines is 1. The van der Waals surface area contributed by atoms with E-state index in [1.807, 2.05) is 37.3 Å². The first kappa shape index (κ1) is 18.0. The van der Waals surface area contributed by atoms with Crippen LogP contribution in [-0.2, 0) is 4.79 Å². The van der Waals surface area contributed by atoms with Crippen LogP contribution in [0.4, 0.5) is 14.5 Å². The summed E-state index contributed by atoms with van der Waals surface area (Å²) in [6.07, 6.45) is 0. The smallest absolute Gasteiger partial charge is 0.234 e. The second kappa shape index (κ2) is 8.05. The van der Waals surface area contributed by atoms with Gasteiger partial charge in [0.2, 0.25) is 5.91 Å². The van der Waals surface area contributed by atoms with Crippen LogP contribution in [0.25, 0.3) is 11.3 Å². The van der Waals surface area contributed by atoms with Gasteiger partial charge < -0.3 is 5.32 Å². The Hall–Kier alpha value is -2.80. The van der Waals surface area contributed by atoms with Crippen LogP contribution in [0.3, 0.4) is 0 Å². The fourth-order valence-corrected chi connectivity index (χ4v) is 2.80. The van der Waals surface area contributed by atoms with Crippen LogP contribution in [0.1, 0.15) is 5.56 Å². The van der Waals surface area contributed by atoms with Crippen molar-refractivity contribution >= 4 is 23.4 Å². The third-order valence-electron chi connectivity index (χ3n) is 3.54. The van der Waals surface area contributed by atoms with Gasteiger partial charge in [0.25, 0.3) is 0 Å². The summed E-state index contributed by atoms with van der Waals surface area (Å²) in [6.45, 7) is 2.01. The third-order valence-corrected chi connectivity index (χ3v) is 4.46. The largest absolute Gasteiger partial charge is 0.325 e. The van der Waals surface area contributed by atoms with E-state index in [0.29, 0.717) is 5.03 Å². The predicted octanol–water partition coefficient (Wildman–Crippen LogP) is 4.46. The van der Waals surface area contributed by atoms with Gasteiger partial charge in [-0.25, -0.2) is 8.78 Å². The van der Waals surface area contributed by atoms with Gasteiger partial charge in [0.05, 0.1) is 11.4 Å². The van der Waals surface area contributed by atoms with Gasteiger partial charge in [-0.1, -0.05) is 41.6 Å². The minimum absolute atomic E-state index is 0.0809. The lowest BCUT2D eigenvalue weighted by Crippen LogP contribution is -2.14. The Kier molecular flexibility index (Phi) is 5.58. The van der Waals surface area contributed by atoms with Crippen molar-refractivity contribution in [1.29, 1.82) is 0 Å². The molecule has 0 saturated heterocycles. The lowest BCUT2D eigenvalue weighted by atomic mass is 10.1. The summed E-state index contributed by atoms with van der Waals surface area (Å²) in [5.74, 6) is -2.22. The van der Waals surface area contributed by atoms with Crippen molar-refractivity contribution in [1.82, 2.24) is 10.2 Å². The second-order valence-electron chi connectivity index (χ2n) is 5.59. The van der Waals surface area contributed by atoms with E-state index in [-0.39, 0.29) is 17.3 Å². The highest BCUT2D eigenvalue weighted by atomic mass is 32.2. The van der Waals surface area contributed by atoms with Crippen molar-refractivity contribution < 1.29 is 13.6 Å². The van der Waals surface area contributed by atoms with E-state index in [9.17, 15) is 13.6 Å². The number of halogens is 2. The van der Waals surface area contributed by atoms with Crippen LogP contribution in [0.2, 0.25) is 0 Å². The van der Waals surface area contributed by atoms with Crippen LogP contribution in [0.5, 0.6) is 0 Å². The van der Waals surface area contributed by atoms with Gasteiger partial charge in [-0.3, -0.25) is 4.79 Å². The molecule has 26 heavy (non-hydrogen) atoms. The number of aromatic nitrogens is 2. The highest BCUT2D eigenvalue weighted by Crippen LogP contribution is 2.20. The zero-order valence-corrected chi connectivity index (χ0v) is 14.7. The van der Waals surface area contributed by atoms with E-state index in [1.165, 1.54) is 23.4 Å². The van der Waals surface area contributed by atoms with E-state index in [2.05, 4.69) is 15.5 Å². The highest BCUT2D eigenvalue weighted by Gasteiger charge is 2.08. The molecule has 7 heteroatoms. The molecular formula is C19H15F2N3OS. The lowest BCUT2D eigenvalue weighted by Gasteiger charge is -2.06. The van der Waals surface area contributed by atoms with Gasteiger partial charge >= 0.3 is 0 Å². The van der Waals surface area contributed by atoms with Gasteiger partial charge in [0.1, 0.15) is 5.03 Å². The summed E-state index contributed by atoms with van der Waals surface area (Å²) < 4.78 is 26.0. The first-order valence-electron chi connectivity index (χ1n) is 7.80. The maximum absolute atomic E-state index is 13.1. The number of hydrogen-bond acceptors (Lipinski definition) is 4. The molecule has 0 aliphatic heterocycles. The van der Waals surface area contributed by atoms with Crippen molar-refractivity contribution in [2.24, 2.45) is 0 Å². The van der Waals surface area contributed by atoms with Gasteiger partial charge in [0.15, 0.2) is 11.6 Å². The Morgan fingerprint density at radius 2 is 1.77 bits per heavy atom. The third kappa shape index (κ3) is 4.64. The van der Waals surface area contributed by atoms with Gasteiger partial charge in [0, 0.05) is 17.3 Å². The standard InChI is InChI=1S/C19H15F2N3OS/c1-12-2-4-13(5-3-12)17-8-9-19(24-23-17)26-11-18(25)22-14-6-7-15(20)16(21)10-14/h2-10H,11H2,1H3,(H,22,25). The predicted molar refractivity (Wildman–Crippen MR) is 97.9 cm³/mol. The quantitative estimate of drug-likeness (QED) is 0.673. The molecular weight excluding hydrogens is 356 g/mol. The molecule has 2 aromatic carbocycles. The first-order chi connectivity index (χ1) is 12.5. The maximum Gasteiger partial charge on any atom is 0.234 e. The molecule has 132 valence electrons. The molecule has 0 aliphatic carbocycles. The Balaban J connectivity index is 1.56. The van der Waals surface area contributed by atoms with Gasteiger partial charge in [-0.05, 0) is 31.2 Å². The number of benzene rings is 2. The summed E-state index contributed by atoms with van der Waals surface area (Å²) in [5.41, 5.74) is 3.09. The fraction of sp³-hybridized carbons (Fsp3) is 0.105. The van der Waals surface area contributed by atoms with E-state index in [0.717, 1.165) is 23.4 Å². The van der Waals surface area contributed by atoms with Crippen molar-refractivity contribution in [3.63, 3.8) is 0 Å². The molecule has 1 aromatic heterocycles. The minimum atomic E-state index is -1.01. The molecule has 0 aliphatic rings. The van der Waals surface area contributed by atoms with Crippen LogP contribution in [-0.4, -0.2) is 21.9 Å². The molecule has 3 aromatic rings. The Morgan fingerprint density at radius 1 is 1.00 bits per heavy atom. The van der Waals surface area contributed by atoms with Gasteiger partial charge in [-0.15, -0.1) is 10.2 Å². The Morgan fingerprint density at radius 3 is 2.42 bits per heavy atom. The summed E-state index contributed by atoms with van der Waals surface area (Å²) in [7, 11) is 0. The molecule has 0 bridgehead atoms. The van der Waals surface area contributed by atoms with Crippen LogP contribution in [0.15, 0.2) is 59.6 Å². The molecule has 0 spiro atoms. The summed E-state index contributed by atoms with van der Waals surface area (Å²) in [6, 6.07) is 14.8. The molecule has 0 unspecified atom stereocenters. The molecule has 1 heterocycles. The number of nitrogens with one attached hydrogen (secondary N) is 1. The SMILES string of the molecule is Cc1ccc(-c2ccc(SCC(=O)Nc3ccc(F)c(F)c3)nn2)cc1. The molecule has 1 N–H and O–H groups in total. The number of carbonyl (C=O) groups is 1. The number of aryl methyl sites for hydroxylation is 1. The van der Waals surface area contributed by atoms with E-state index < -0.39 is 11.6 Å². The fourth-order valence-electron chi connectivity index (χ4n) is 2.19. The minimum Gasteiger partial charge on any atom is -0.325 e. The number of nitrogens with zero attached hydrogens (tertiary/aromatic N) is 2. The number of rotatable bonds is 5. The van der Waals surface area contributed by atoms with Crippen molar-refractivity contribution in [2.45, 2.75) is 11.9 Å². The molecule has 0 radical (unpaired) electrons. The summed E-state index contributed by atoms with van der Waals surface area (Å²) in [4.78, 5) is 11.9. The number of amides is 1. The average molecular weight is 371 g/mol. The van der Waals surface area contributed by atoms with E-state index in [4.69, 9.17) is 0 Å². The zero-order chi connectivity index (χ0) is 18.5. The zero-order valence-electron chi connectivity index (χ0n) is 13.9. The number of thioether (sulfide) groups is 1. The van der Waals surface area contributed by atoms with Crippen LogP contribution >= 0.6 is 11.8 Å². The molecule has 3 rings (SSSR count). The first-order valence-corrected chi connectivity index (χ1v) is 8.78. The topological polar surface area (TPSA) is 54.9 Å². The van der Waals surface area contributed by atoms with E-state index >= 15 is 0 Å². The average Bonchev–Trinajstić information content (AvgIpc) is 2.64. The van der Waals surface area contributed by atoms with Crippen LogP contribution < -0.4 is 5.32 Å². The Labute approximate surface area is 153 Å². The molecule has 1 amide bonds. The second-order valence-corrected chi connectivity index (χ2v) is 6.58. The summed E-state index contributed by atoms with van der Waals surface area (Å²) in [5, 5.41) is 11.4. The maximum atomic E-state index is 13.1. The van der Waals surface area contributed by atoms with Gasteiger partial charge in [-0.2, -0.15) is 0 Å². The van der Waals surface area contributed by atoms with Crippen molar-refractivity contribution in [3.8, 4) is 11.3 Å². The van der Waals surface area contributed by atoms with Crippen LogP contribution in [0, 0.1) is 18.6 Å². The Bertz CT molecular complexity index is 915. The highest BCUT2D eigenvalue weighted by molar-refractivity contribution is 7.99. The van der Waals surface area contributed by atoms with Crippen molar-refractivity contribution in [3.05, 3.63) is 71.8 Å². The van der Waals surface area contributed by atoms with E-state index in [1.54, 1.807) is 6.07 Å². The normalized spacial score (nSPS) is 10.6. The summed E-state index contributed by atoms with van der Waals surface area (Å²) >= 11 is 1.21. The number of carbonyl (C=O) groups excluding carboxylic acids is 1. The number of hydrogen-bond donors (Lipinski definition) is 1. The van der Waals surface area contributed by atoms with Crippen molar-refractivity contribution in [2.75, 3.05) is 11.1 Å². The molecule has 0 atom stereocenters. The monoisotopic (exact) mass is 371 g/mol. The lowest BCUT2D eigenvalue weighted by molar-refractivity contribution is -0.113. The molecule has 4 nitrogen and oxygen atoms in total.